The number of hydrogen-bond acceptors (Lipinski definition) is 2. The molecular formula is C18H18BrFN2O. The van der Waals surface area contributed by atoms with Gasteiger partial charge in [0.25, 0.3) is 5.91 Å². The summed E-state index contributed by atoms with van der Waals surface area (Å²) in [7, 11) is 0. The number of halogens is 2. The number of rotatable bonds is 3. The van der Waals surface area contributed by atoms with Crippen LogP contribution >= 0.6 is 15.9 Å². The number of amides is 1. The standard InChI is InChI=1S/C18H18BrFN2O/c19-17-7-2-1-6-16(17)18(23)22-10-8-21(9-11-22)13-14-4-3-5-15(20)12-14/h1-7,12H,8-11,13H2. The maximum Gasteiger partial charge on any atom is 0.255 e. The van der Waals surface area contributed by atoms with Crippen LogP contribution < -0.4 is 0 Å². The Labute approximate surface area is 143 Å². The van der Waals surface area contributed by atoms with Crippen LogP contribution in [0.1, 0.15) is 15.9 Å². The van der Waals surface area contributed by atoms with E-state index in [1.165, 1.54) is 6.07 Å². The van der Waals surface area contributed by atoms with Crippen LogP contribution in [0.25, 0.3) is 0 Å². The molecule has 1 aliphatic rings. The molecule has 120 valence electrons. The van der Waals surface area contributed by atoms with Gasteiger partial charge in [-0.2, -0.15) is 0 Å². The van der Waals surface area contributed by atoms with Crippen molar-refractivity contribution < 1.29 is 9.18 Å². The van der Waals surface area contributed by atoms with Crippen molar-refractivity contribution in [2.75, 3.05) is 26.2 Å². The number of carbonyl (C=O) groups excluding carboxylic acids is 1. The molecule has 0 unspecified atom stereocenters. The van der Waals surface area contributed by atoms with E-state index in [1.807, 2.05) is 35.2 Å². The van der Waals surface area contributed by atoms with E-state index in [2.05, 4.69) is 20.8 Å². The van der Waals surface area contributed by atoms with Crippen molar-refractivity contribution in [1.29, 1.82) is 0 Å². The summed E-state index contributed by atoms with van der Waals surface area (Å²) in [6, 6.07) is 14.2. The Kier molecular flexibility index (Phi) is 5.08. The van der Waals surface area contributed by atoms with Crippen LogP contribution in [0.4, 0.5) is 4.39 Å². The molecule has 1 saturated heterocycles. The van der Waals surface area contributed by atoms with Crippen LogP contribution in [-0.4, -0.2) is 41.9 Å². The topological polar surface area (TPSA) is 23.6 Å². The van der Waals surface area contributed by atoms with E-state index in [-0.39, 0.29) is 11.7 Å². The first kappa shape index (κ1) is 16.1. The van der Waals surface area contributed by atoms with E-state index in [0.29, 0.717) is 18.7 Å². The van der Waals surface area contributed by atoms with Gasteiger partial charge < -0.3 is 4.90 Å². The highest BCUT2D eigenvalue weighted by Gasteiger charge is 2.23. The lowest BCUT2D eigenvalue weighted by Crippen LogP contribution is -2.48. The number of carbonyl (C=O) groups is 1. The normalized spacial score (nSPS) is 15.7. The highest BCUT2D eigenvalue weighted by molar-refractivity contribution is 9.10. The molecule has 0 bridgehead atoms. The Balaban J connectivity index is 1.58. The molecule has 0 aliphatic carbocycles. The predicted molar refractivity (Wildman–Crippen MR) is 91.7 cm³/mol. The van der Waals surface area contributed by atoms with Gasteiger partial charge in [0.2, 0.25) is 0 Å². The Morgan fingerprint density at radius 2 is 1.78 bits per heavy atom. The summed E-state index contributed by atoms with van der Waals surface area (Å²) < 4.78 is 14.1. The fourth-order valence-corrected chi connectivity index (χ4v) is 3.26. The molecule has 5 heteroatoms. The third-order valence-corrected chi connectivity index (χ3v) is 4.75. The lowest BCUT2D eigenvalue weighted by molar-refractivity contribution is 0.0627. The van der Waals surface area contributed by atoms with E-state index in [9.17, 15) is 9.18 Å². The summed E-state index contributed by atoms with van der Waals surface area (Å²) in [6.07, 6.45) is 0. The smallest absolute Gasteiger partial charge is 0.255 e. The first-order valence-electron chi connectivity index (χ1n) is 7.64. The Morgan fingerprint density at radius 3 is 2.48 bits per heavy atom. The SMILES string of the molecule is O=C(c1ccccc1Br)N1CCN(Cc2cccc(F)c2)CC1. The summed E-state index contributed by atoms with van der Waals surface area (Å²) in [5.74, 6) is -0.145. The van der Waals surface area contributed by atoms with Crippen LogP contribution in [0.2, 0.25) is 0 Å². The number of nitrogens with zero attached hydrogens (tertiary/aromatic N) is 2. The molecule has 23 heavy (non-hydrogen) atoms. The second-order valence-corrected chi connectivity index (χ2v) is 6.53. The Bertz CT molecular complexity index is 699. The zero-order chi connectivity index (χ0) is 16.2. The maximum atomic E-state index is 13.2. The zero-order valence-corrected chi connectivity index (χ0v) is 14.3. The summed E-state index contributed by atoms with van der Waals surface area (Å²) in [5, 5.41) is 0. The molecular weight excluding hydrogens is 359 g/mol. The highest BCUT2D eigenvalue weighted by Crippen LogP contribution is 2.19. The van der Waals surface area contributed by atoms with E-state index in [0.717, 1.165) is 29.7 Å². The van der Waals surface area contributed by atoms with Crippen molar-refractivity contribution in [3.63, 3.8) is 0 Å². The van der Waals surface area contributed by atoms with E-state index >= 15 is 0 Å². The fraction of sp³-hybridized carbons (Fsp3) is 0.278. The minimum atomic E-state index is -0.203. The first-order chi connectivity index (χ1) is 11.1. The molecule has 3 nitrogen and oxygen atoms in total. The van der Waals surface area contributed by atoms with Crippen molar-refractivity contribution in [1.82, 2.24) is 9.80 Å². The zero-order valence-electron chi connectivity index (χ0n) is 12.7. The third kappa shape index (κ3) is 3.98. The number of benzene rings is 2. The molecule has 0 radical (unpaired) electrons. The second-order valence-electron chi connectivity index (χ2n) is 5.68. The summed E-state index contributed by atoms with van der Waals surface area (Å²) in [4.78, 5) is 16.7. The van der Waals surface area contributed by atoms with Crippen LogP contribution in [0, 0.1) is 5.82 Å². The molecule has 1 amide bonds. The summed E-state index contributed by atoms with van der Waals surface area (Å²) in [6.45, 7) is 3.69. The molecule has 1 fully saturated rings. The molecule has 2 aromatic carbocycles. The van der Waals surface area contributed by atoms with Crippen LogP contribution in [0.3, 0.4) is 0 Å². The molecule has 0 atom stereocenters. The molecule has 0 aromatic heterocycles. The Hall–Kier alpha value is -1.72. The van der Waals surface area contributed by atoms with Crippen molar-refractivity contribution >= 4 is 21.8 Å². The molecule has 0 saturated carbocycles. The van der Waals surface area contributed by atoms with Crippen molar-refractivity contribution in [2.24, 2.45) is 0 Å². The molecule has 0 N–H and O–H groups in total. The molecule has 3 rings (SSSR count). The van der Waals surface area contributed by atoms with E-state index < -0.39 is 0 Å². The van der Waals surface area contributed by atoms with Gasteiger partial charge in [0.05, 0.1) is 5.56 Å². The first-order valence-corrected chi connectivity index (χ1v) is 8.43. The van der Waals surface area contributed by atoms with Gasteiger partial charge in [-0.3, -0.25) is 9.69 Å². The molecule has 0 spiro atoms. The van der Waals surface area contributed by atoms with Gasteiger partial charge in [0.1, 0.15) is 5.82 Å². The number of hydrogen-bond donors (Lipinski definition) is 0. The van der Waals surface area contributed by atoms with Gasteiger partial charge in [-0.1, -0.05) is 24.3 Å². The van der Waals surface area contributed by atoms with Crippen LogP contribution in [0.15, 0.2) is 53.0 Å². The number of piperazine rings is 1. The second kappa shape index (κ2) is 7.23. The summed E-state index contributed by atoms with van der Waals surface area (Å²) >= 11 is 3.43. The molecule has 2 aromatic rings. The van der Waals surface area contributed by atoms with Crippen molar-refractivity contribution in [3.05, 3.63) is 69.9 Å². The predicted octanol–water partition coefficient (Wildman–Crippen LogP) is 3.55. The van der Waals surface area contributed by atoms with Crippen molar-refractivity contribution in [3.8, 4) is 0 Å². The van der Waals surface area contributed by atoms with Gasteiger partial charge in [0, 0.05) is 37.2 Å². The highest BCUT2D eigenvalue weighted by atomic mass is 79.9. The van der Waals surface area contributed by atoms with Gasteiger partial charge in [-0.05, 0) is 45.8 Å². The lowest BCUT2D eigenvalue weighted by atomic mass is 10.1. The fourth-order valence-electron chi connectivity index (χ4n) is 2.81. The van der Waals surface area contributed by atoms with E-state index in [1.54, 1.807) is 12.1 Å². The minimum Gasteiger partial charge on any atom is -0.336 e. The minimum absolute atomic E-state index is 0.0582. The third-order valence-electron chi connectivity index (χ3n) is 4.06. The van der Waals surface area contributed by atoms with Gasteiger partial charge in [0.15, 0.2) is 0 Å². The monoisotopic (exact) mass is 376 g/mol. The Morgan fingerprint density at radius 1 is 1.04 bits per heavy atom. The molecule has 1 aliphatic heterocycles. The van der Waals surface area contributed by atoms with E-state index in [4.69, 9.17) is 0 Å². The van der Waals surface area contributed by atoms with Gasteiger partial charge in [-0.15, -0.1) is 0 Å². The maximum absolute atomic E-state index is 13.2. The van der Waals surface area contributed by atoms with Gasteiger partial charge in [-0.25, -0.2) is 4.39 Å². The van der Waals surface area contributed by atoms with Crippen molar-refractivity contribution in [2.45, 2.75) is 6.54 Å². The largest absolute Gasteiger partial charge is 0.336 e. The average molecular weight is 377 g/mol. The quantitative estimate of drug-likeness (QED) is 0.817. The van der Waals surface area contributed by atoms with Crippen LogP contribution in [0.5, 0.6) is 0 Å². The summed E-state index contributed by atoms with van der Waals surface area (Å²) in [5.41, 5.74) is 1.67. The van der Waals surface area contributed by atoms with Crippen LogP contribution in [-0.2, 0) is 6.54 Å². The lowest BCUT2D eigenvalue weighted by Gasteiger charge is -2.35. The van der Waals surface area contributed by atoms with Gasteiger partial charge >= 0.3 is 0 Å². The molecule has 1 heterocycles. The average Bonchev–Trinajstić information content (AvgIpc) is 2.55.